The number of carbonyl (C=O) groups is 1. The van der Waals surface area contributed by atoms with Crippen molar-refractivity contribution in [2.75, 3.05) is 5.73 Å². The highest BCUT2D eigenvalue weighted by Gasteiger charge is 2.22. The Morgan fingerprint density at radius 3 is 2.72 bits per heavy atom. The molecule has 1 aromatic rings. The summed E-state index contributed by atoms with van der Waals surface area (Å²) in [4.78, 5) is 12.0. The number of amides is 1. The van der Waals surface area contributed by atoms with Gasteiger partial charge in [0.25, 0.3) is 5.91 Å². The molecule has 5 nitrogen and oxygen atoms in total. The molecular weight excluding hydrogens is 275 g/mol. The SMILES string of the molecule is CC1CC(NC(=O)c2cc(N)c(Cl)c(Cl)c2)NN1. The van der Waals surface area contributed by atoms with E-state index in [1.54, 1.807) is 0 Å². The number of hydrogen-bond acceptors (Lipinski definition) is 4. The summed E-state index contributed by atoms with van der Waals surface area (Å²) in [5.41, 5.74) is 12.3. The first-order chi connectivity index (χ1) is 8.47. The zero-order valence-electron chi connectivity index (χ0n) is 9.76. The standard InChI is InChI=1S/C11H14Cl2N4O/c1-5-2-9(17-16-5)15-11(18)6-3-7(12)10(13)8(14)4-6/h3-5,9,16-17H,2,14H2,1H3,(H,15,18). The summed E-state index contributed by atoms with van der Waals surface area (Å²) in [5, 5.41) is 3.37. The Kier molecular flexibility index (Phi) is 3.97. The van der Waals surface area contributed by atoms with Crippen molar-refractivity contribution in [3.05, 3.63) is 27.7 Å². The Balaban J connectivity index is 2.09. The van der Waals surface area contributed by atoms with E-state index in [0.29, 0.717) is 17.3 Å². The van der Waals surface area contributed by atoms with Gasteiger partial charge in [-0.1, -0.05) is 23.2 Å². The average Bonchev–Trinajstić information content (AvgIpc) is 2.71. The van der Waals surface area contributed by atoms with E-state index < -0.39 is 0 Å². The molecule has 0 aliphatic carbocycles. The van der Waals surface area contributed by atoms with Crippen LogP contribution in [0, 0.1) is 0 Å². The highest BCUT2D eigenvalue weighted by atomic mass is 35.5. The van der Waals surface area contributed by atoms with Gasteiger partial charge in [0, 0.05) is 11.6 Å². The monoisotopic (exact) mass is 288 g/mol. The van der Waals surface area contributed by atoms with Crippen LogP contribution in [0.4, 0.5) is 5.69 Å². The molecule has 1 aliphatic rings. The van der Waals surface area contributed by atoms with Crippen molar-refractivity contribution in [2.45, 2.75) is 25.6 Å². The number of carbonyl (C=O) groups excluding carboxylic acids is 1. The van der Waals surface area contributed by atoms with Crippen LogP contribution in [0.1, 0.15) is 23.7 Å². The number of halogens is 2. The second-order valence-corrected chi connectivity index (χ2v) is 5.10. The van der Waals surface area contributed by atoms with Crippen molar-refractivity contribution in [3.63, 3.8) is 0 Å². The Hall–Kier alpha value is -1.01. The Morgan fingerprint density at radius 2 is 2.17 bits per heavy atom. The van der Waals surface area contributed by atoms with Crippen LogP contribution < -0.4 is 21.9 Å². The van der Waals surface area contributed by atoms with E-state index in [4.69, 9.17) is 28.9 Å². The fourth-order valence-corrected chi connectivity index (χ4v) is 2.13. The van der Waals surface area contributed by atoms with Crippen LogP contribution in [0.5, 0.6) is 0 Å². The number of anilines is 1. The smallest absolute Gasteiger partial charge is 0.252 e. The Bertz CT molecular complexity index is 457. The minimum absolute atomic E-state index is 0.108. The summed E-state index contributed by atoms with van der Waals surface area (Å²) in [6, 6.07) is 3.32. The van der Waals surface area contributed by atoms with E-state index in [0.717, 1.165) is 6.42 Å². The van der Waals surface area contributed by atoms with Crippen LogP contribution in [-0.2, 0) is 0 Å². The van der Waals surface area contributed by atoms with E-state index in [9.17, 15) is 4.79 Å². The maximum atomic E-state index is 12.0. The lowest BCUT2D eigenvalue weighted by molar-refractivity contribution is 0.0932. The summed E-state index contributed by atoms with van der Waals surface area (Å²) < 4.78 is 0. The molecule has 1 aliphatic heterocycles. The van der Waals surface area contributed by atoms with Gasteiger partial charge in [-0.05, 0) is 25.5 Å². The molecule has 98 valence electrons. The minimum atomic E-state index is -0.242. The Labute approximate surface area is 115 Å². The number of benzene rings is 1. The molecule has 0 bridgehead atoms. The third-order valence-electron chi connectivity index (χ3n) is 2.72. The van der Waals surface area contributed by atoms with Gasteiger partial charge in [-0.25, -0.2) is 5.43 Å². The number of nitrogens with one attached hydrogen (secondary N) is 3. The fourth-order valence-electron chi connectivity index (χ4n) is 1.79. The second kappa shape index (κ2) is 5.32. The van der Waals surface area contributed by atoms with E-state index >= 15 is 0 Å². The molecular formula is C11H14Cl2N4O. The molecule has 5 N–H and O–H groups in total. The molecule has 2 unspecified atom stereocenters. The summed E-state index contributed by atoms with van der Waals surface area (Å²) in [6.45, 7) is 2.02. The molecule has 1 saturated heterocycles. The molecule has 0 aromatic heterocycles. The van der Waals surface area contributed by atoms with Gasteiger partial charge in [-0.15, -0.1) is 0 Å². The molecule has 2 rings (SSSR count). The van der Waals surface area contributed by atoms with Crippen molar-refractivity contribution < 1.29 is 4.79 Å². The van der Waals surface area contributed by atoms with Crippen molar-refractivity contribution >= 4 is 34.8 Å². The molecule has 2 atom stereocenters. The predicted octanol–water partition coefficient (Wildman–Crippen LogP) is 1.52. The highest BCUT2D eigenvalue weighted by Crippen LogP contribution is 2.29. The normalized spacial score (nSPS) is 23.1. The second-order valence-electron chi connectivity index (χ2n) is 4.31. The highest BCUT2D eigenvalue weighted by molar-refractivity contribution is 6.43. The largest absolute Gasteiger partial charge is 0.397 e. The fraction of sp³-hybridized carbons (Fsp3) is 0.364. The maximum absolute atomic E-state index is 12.0. The van der Waals surface area contributed by atoms with Gasteiger partial charge in [0.1, 0.15) is 0 Å². The van der Waals surface area contributed by atoms with E-state index in [2.05, 4.69) is 16.2 Å². The number of nitrogen functional groups attached to an aromatic ring is 1. The van der Waals surface area contributed by atoms with Crippen LogP contribution >= 0.6 is 23.2 Å². The average molecular weight is 289 g/mol. The lowest BCUT2D eigenvalue weighted by atomic mass is 10.1. The molecule has 0 saturated carbocycles. The quantitative estimate of drug-likeness (QED) is 0.622. The lowest BCUT2D eigenvalue weighted by Crippen LogP contribution is -2.44. The van der Waals surface area contributed by atoms with E-state index in [-0.39, 0.29) is 22.1 Å². The third-order valence-corrected chi connectivity index (χ3v) is 3.53. The van der Waals surface area contributed by atoms with Gasteiger partial charge >= 0.3 is 0 Å². The van der Waals surface area contributed by atoms with Crippen LogP contribution in [0.2, 0.25) is 10.0 Å². The minimum Gasteiger partial charge on any atom is -0.397 e. The molecule has 1 heterocycles. The predicted molar refractivity (Wildman–Crippen MR) is 72.5 cm³/mol. The Morgan fingerprint density at radius 1 is 1.44 bits per heavy atom. The molecule has 0 spiro atoms. The number of hydrazine groups is 1. The first-order valence-electron chi connectivity index (χ1n) is 5.54. The van der Waals surface area contributed by atoms with Gasteiger partial charge in [0.2, 0.25) is 0 Å². The summed E-state index contributed by atoms with van der Waals surface area (Å²) >= 11 is 11.7. The first-order valence-corrected chi connectivity index (χ1v) is 6.29. The lowest BCUT2D eigenvalue weighted by Gasteiger charge is -2.13. The van der Waals surface area contributed by atoms with Gasteiger partial charge in [0.15, 0.2) is 0 Å². The molecule has 1 fully saturated rings. The van der Waals surface area contributed by atoms with Gasteiger partial charge in [-0.3, -0.25) is 10.2 Å². The molecule has 0 radical (unpaired) electrons. The molecule has 7 heteroatoms. The summed E-state index contributed by atoms with van der Waals surface area (Å²) in [6.07, 6.45) is 0.700. The van der Waals surface area contributed by atoms with E-state index in [1.165, 1.54) is 12.1 Å². The first kappa shape index (κ1) is 13.4. The van der Waals surface area contributed by atoms with Crippen molar-refractivity contribution in [3.8, 4) is 0 Å². The van der Waals surface area contributed by atoms with E-state index in [1.807, 2.05) is 6.92 Å². The molecule has 18 heavy (non-hydrogen) atoms. The molecule has 1 aromatic carbocycles. The molecule has 1 amide bonds. The number of hydrogen-bond donors (Lipinski definition) is 4. The van der Waals surface area contributed by atoms with Crippen LogP contribution in [0.25, 0.3) is 0 Å². The maximum Gasteiger partial charge on any atom is 0.252 e. The van der Waals surface area contributed by atoms with Gasteiger partial charge in [0.05, 0.1) is 21.9 Å². The zero-order valence-corrected chi connectivity index (χ0v) is 11.3. The van der Waals surface area contributed by atoms with Crippen molar-refractivity contribution in [2.24, 2.45) is 0 Å². The number of rotatable bonds is 2. The van der Waals surface area contributed by atoms with Crippen LogP contribution in [-0.4, -0.2) is 18.1 Å². The van der Waals surface area contributed by atoms with Gasteiger partial charge < -0.3 is 11.1 Å². The third kappa shape index (κ3) is 2.87. The van der Waals surface area contributed by atoms with Gasteiger partial charge in [-0.2, -0.15) is 0 Å². The van der Waals surface area contributed by atoms with Crippen LogP contribution in [0.15, 0.2) is 12.1 Å². The topological polar surface area (TPSA) is 79.2 Å². The van der Waals surface area contributed by atoms with Crippen molar-refractivity contribution in [1.82, 2.24) is 16.2 Å². The van der Waals surface area contributed by atoms with Crippen molar-refractivity contribution in [1.29, 1.82) is 0 Å². The summed E-state index contributed by atoms with van der Waals surface area (Å²) in [7, 11) is 0. The number of nitrogens with two attached hydrogens (primary N) is 1. The zero-order chi connectivity index (χ0) is 13.3. The summed E-state index contributed by atoms with van der Waals surface area (Å²) in [5.74, 6) is -0.242. The van der Waals surface area contributed by atoms with Crippen LogP contribution in [0.3, 0.4) is 0 Å².